The Labute approximate surface area is 129 Å². The molecule has 6 heteroatoms. The molecule has 1 aliphatic rings. The molecule has 1 amide bonds. The zero-order valence-electron chi connectivity index (χ0n) is 12.8. The van der Waals surface area contributed by atoms with Crippen LogP contribution < -0.4 is 5.73 Å². The number of carbonyl (C=O) groups is 1. The molecule has 1 aliphatic heterocycles. The van der Waals surface area contributed by atoms with Crippen molar-refractivity contribution in [1.82, 2.24) is 14.9 Å². The first-order valence-electron chi connectivity index (χ1n) is 7.37. The maximum absolute atomic E-state index is 11.6. The van der Waals surface area contributed by atoms with E-state index in [2.05, 4.69) is 9.97 Å². The van der Waals surface area contributed by atoms with Gasteiger partial charge >= 0.3 is 0 Å². The SMILES string of the molecule is CO[C@H]1C[C@@H](C(N)=O)N(Cc2nc3ccccc3nc2C)C1. The van der Waals surface area contributed by atoms with Crippen molar-refractivity contribution >= 4 is 16.9 Å². The van der Waals surface area contributed by atoms with Gasteiger partial charge in [-0.15, -0.1) is 0 Å². The van der Waals surface area contributed by atoms with Crippen molar-refractivity contribution in [3.8, 4) is 0 Å². The zero-order chi connectivity index (χ0) is 15.7. The Morgan fingerprint density at radius 2 is 2.05 bits per heavy atom. The van der Waals surface area contributed by atoms with Gasteiger partial charge in [0, 0.05) is 20.2 Å². The molecule has 22 heavy (non-hydrogen) atoms. The number of nitrogens with two attached hydrogens (primary N) is 1. The molecule has 1 aromatic carbocycles. The normalized spacial score (nSPS) is 22.3. The maximum Gasteiger partial charge on any atom is 0.234 e. The predicted octanol–water partition coefficient (Wildman–Crippen LogP) is 1.01. The van der Waals surface area contributed by atoms with Gasteiger partial charge in [-0.2, -0.15) is 0 Å². The number of aromatic nitrogens is 2. The number of para-hydroxylation sites is 2. The smallest absolute Gasteiger partial charge is 0.234 e. The van der Waals surface area contributed by atoms with Crippen LogP contribution in [0.15, 0.2) is 24.3 Å². The molecule has 1 fully saturated rings. The molecule has 0 unspecified atom stereocenters. The zero-order valence-corrected chi connectivity index (χ0v) is 12.8. The van der Waals surface area contributed by atoms with Crippen LogP contribution in [0.25, 0.3) is 11.0 Å². The highest BCUT2D eigenvalue weighted by molar-refractivity contribution is 5.80. The molecule has 116 valence electrons. The van der Waals surface area contributed by atoms with Crippen molar-refractivity contribution in [3.05, 3.63) is 35.7 Å². The second-order valence-electron chi connectivity index (χ2n) is 5.69. The van der Waals surface area contributed by atoms with Crippen LogP contribution in [-0.4, -0.2) is 46.6 Å². The van der Waals surface area contributed by atoms with Crippen LogP contribution in [-0.2, 0) is 16.1 Å². The van der Waals surface area contributed by atoms with E-state index >= 15 is 0 Å². The molecule has 0 saturated carbocycles. The van der Waals surface area contributed by atoms with Crippen LogP contribution in [0.2, 0.25) is 0 Å². The number of amides is 1. The van der Waals surface area contributed by atoms with Gasteiger partial charge in [-0.05, 0) is 25.5 Å². The summed E-state index contributed by atoms with van der Waals surface area (Å²) in [4.78, 5) is 23.0. The number of nitrogens with zero attached hydrogens (tertiary/aromatic N) is 3. The molecule has 1 aromatic heterocycles. The molecule has 6 nitrogen and oxygen atoms in total. The number of carbonyl (C=O) groups excluding carboxylic acids is 1. The van der Waals surface area contributed by atoms with E-state index in [4.69, 9.17) is 10.5 Å². The minimum absolute atomic E-state index is 0.0335. The van der Waals surface area contributed by atoms with Gasteiger partial charge in [0.15, 0.2) is 0 Å². The van der Waals surface area contributed by atoms with Crippen LogP contribution in [0.1, 0.15) is 17.8 Å². The van der Waals surface area contributed by atoms with Gasteiger partial charge in [0.1, 0.15) is 0 Å². The lowest BCUT2D eigenvalue weighted by Crippen LogP contribution is -2.40. The van der Waals surface area contributed by atoms with E-state index in [-0.39, 0.29) is 18.1 Å². The van der Waals surface area contributed by atoms with E-state index < -0.39 is 0 Å². The van der Waals surface area contributed by atoms with Crippen molar-refractivity contribution in [3.63, 3.8) is 0 Å². The first kappa shape index (κ1) is 14.9. The number of benzene rings is 1. The van der Waals surface area contributed by atoms with Crippen molar-refractivity contribution in [2.75, 3.05) is 13.7 Å². The summed E-state index contributed by atoms with van der Waals surface area (Å²) in [6.45, 7) is 3.17. The third-order valence-electron chi connectivity index (χ3n) is 4.22. The highest BCUT2D eigenvalue weighted by Crippen LogP contribution is 2.23. The quantitative estimate of drug-likeness (QED) is 0.911. The first-order valence-corrected chi connectivity index (χ1v) is 7.37. The second kappa shape index (κ2) is 5.98. The topological polar surface area (TPSA) is 81.3 Å². The molecule has 0 bridgehead atoms. The molecular formula is C16H20N4O2. The van der Waals surface area contributed by atoms with Crippen LogP contribution in [0.4, 0.5) is 0 Å². The van der Waals surface area contributed by atoms with Gasteiger partial charge in [0.05, 0.1) is 34.6 Å². The van der Waals surface area contributed by atoms with Crippen LogP contribution >= 0.6 is 0 Å². The van der Waals surface area contributed by atoms with Gasteiger partial charge in [0.25, 0.3) is 0 Å². The number of rotatable bonds is 4. The number of aryl methyl sites for hydroxylation is 1. The third kappa shape index (κ3) is 2.80. The summed E-state index contributed by atoms with van der Waals surface area (Å²) in [5, 5.41) is 0. The second-order valence-corrected chi connectivity index (χ2v) is 5.69. The van der Waals surface area contributed by atoms with E-state index in [1.165, 1.54) is 0 Å². The Kier molecular flexibility index (Phi) is 4.04. The Morgan fingerprint density at radius 1 is 1.36 bits per heavy atom. The van der Waals surface area contributed by atoms with E-state index in [9.17, 15) is 4.79 Å². The number of likely N-dealkylation sites (tertiary alicyclic amines) is 1. The lowest BCUT2D eigenvalue weighted by atomic mass is 10.2. The van der Waals surface area contributed by atoms with Crippen molar-refractivity contribution in [2.45, 2.75) is 32.0 Å². The lowest BCUT2D eigenvalue weighted by Gasteiger charge is -2.21. The predicted molar refractivity (Wildman–Crippen MR) is 83.1 cm³/mol. The molecule has 2 aromatic rings. The monoisotopic (exact) mass is 300 g/mol. The number of hydrogen-bond donors (Lipinski definition) is 1. The van der Waals surface area contributed by atoms with E-state index in [1.807, 2.05) is 36.1 Å². The van der Waals surface area contributed by atoms with Crippen molar-refractivity contribution in [1.29, 1.82) is 0 Å². The van der Waals surface area contributed by atoms with Crippen LogP contribution in [0.3, 0.4) is 0 Å². The van der Waals surface area contributed by atoms with E-state index in [1.54, 1.807) is 7.11 Å². The summed E-state index contributed by atoms with van der Waals surface area (Å²) in [7, 11) is 1.66. The summed E-state index contributed by atoms with van der Waals surface area (Å²) in [5.74, 6) is -0.314. The van der Waals surface area contributed by atoms with Gasteiger partial charge in [0.2, 0.25) is 5.91 Å². The Bertz CT molecular complexity index is 704. The van der Waals surface area contributed by atoms with Gasteiger partial charge in [-0.1, -0.05) is 12.1 Å². The first-order chi connectivity index (χ1) is 10.6. The minimum Gasteiger partial charge on any atom is -0.380 e. The standard InChI is InChI=1S/C16H20N4O2/c1-10-14(19-13-6-4-3-5-12(13)18-10)9-20-8-11(22-2)7-15(20)16(17)21/h3-6,11,15H,7-9H2,1-2H3,(H2,17,21)/t11-,15-/m0/s1. The molecule has 2 N–H and O–H groups in total. The Balaban J connectivity index is 1.88. The highest BCUT2D eigenvalue weighted by Gasteiger charge is 2.36. The molecule has 3 rings (SSSR count). The van der Waals surface area contributed by atoms with Crippen molar-refractivity contribution in [2.24, 2.45) is 5.73 Å². The largest absolute Gasteiger partial charge is 0.380 e. The summed E-state index contributed by atoms with van der Waals surface area (Å²) in [6.07, 6.45) is 0.664. The Morgan fingerprint density at radius 3 is 2.68 bits per heavy atom. The number of ether oxygens (including phenoxy) is 1. The van der Waals surface area contributed by atoms with Crippen molar-refractivity contribution < 1.29 is 9.53 Å². The average molecular weight is 300 g/mol. The maximum atomic E-state index is 11.6. The molecule has 2 atom stereocenters. The third-order valence-corrected chi connectivity index (χ3v) is 4.22. The van der Waals surface area contributed by atoms with Crippen LogP contribution in [0.5, 0.6) is 0 Å². The summed E-state index contributed by atoms with van der Waals surface area (Å²) in [5.41, 5.74) is 9.01. The number of methoxy groups -OCH3 is 1. The summed E-state index contributed by atoms with van der Waals surface area (Å²) >= 11 is 0. The highest BCUT2D eigenvalue weighted by atomic mass is 16.5. The van der Waals surface area contributed by atoms with Gasteiger partial charge < -0.3 is 10.5 Å². The van der Waals surface area contributed by atoms with E-state index in [0.29, 0.717) is 19.5 Å². The van der Waals surface area contributed by atoms with E-state index in [0.717, 1.165) is 22.4 Å². The molecular weight excluding hydrogens is 280 g/mol. The summed E-state index contributed by atoms with van der Waals surface area (Å²) in [6, 6.07) is 7.47. The number of primary amides is 1. The fraction of sp³-hybridized carbons (Fsp3) is 0.438. The molecule has 1 saturated heterocycles. The molecule has 0 radical (unpaired) electrons. The van der Waals surface area contributed by atoms with Gasteiger partial charge in [-0.3, -0.25) is 9.69 Å². The minimum atomic E-state index is -0.314. The average Bonchev–Trinajstić information content (AvgIpc) is 2.91. The fourth-order valence-corrected chi connectivity index (χ4v) is 2.97. The summed E-state index contributed by atoms with van der Waals surface area (Å²) < 4.78 is 5.37. The Hall–Kier alpha value is -2.05. The number of hydrogen-bond acceptors (Lipinski definition) is 5. The molecule has 0 spiro atoms. The van der Waals surface area contributed by atoms with Crippen LogP contribution in [0, 0.1) is 6.92 Å². The lowest BCUT2D eigenvalue weighted by molar-refractivity contribution is -0.122. The molecule has 0 aliphatic carbocycles. The molecule has 2 heterocycles. The van der Waals surface area contributed by atoms with Gasteiger partial charge in [-0.25, -0.2) is 9.97 Å². The fourth-order valence-electron chi connectivity index (χ4n) is 2.97. The number of fused-ring (bicyclic) bond motifs is 1.